The first-order chi connectivity index (χ1) is 12.0. The molecule has 0 bridgehead atoms. The lowest BCUT2D eigenvalue weighted by Gasteiger charge is -2.19. The molecule has 0 fully saturated rings. The maximum Gasteiger partial charge on any atom is 0.251 e. The van der Waals surface area contributed by atoms with Crippen molar-refractivity contribution in [2.45, 2.75) is 23.6 Å². The van der Waals surface area contributed by atoms with Crippen molar-refractivity contribution in [1.29, 1.82) is 0 Å². The highest BCUT2D eigenvalue weighted by molar-refractivity contribution is 14.1. The van der Waals surface area contributed by atoms with Gasteiger partial charge in [0.2, 0.25) is 0 Å². The third-order valence-electron chi connectivity index (χ3n) is 3.61. The van der Waals surface area contributed by atoms with E-state index in [4.69, 9.17) is 0 Å². The van der Waals surface area contributed by atoms with Gasteiger partial charge in [0.15, 0.2) is 0 Å². The number of rotatable bonds is 7. The second-order valence-corrected chi connectivity index (χ2v) is 13.0. The molecule has 6 nitrogen and oxygen atoms in total. The lowest BCUT2D eigenvalue weighted by molar-refractivity contribution is 0.522. The Labute approximate surface area is 182 Å². The van der Waals surface area contributed by atoms with Crippen molar-refractivity contribution in [3.63, 3.8) is 0 Å². The lowest BCUT2D eigenvalue weighted by Crippen LogP contribution is -2.31. The standard InChI is InChI=1S/C16H18I2N2O4S2/c1-13-3-7-15(8-4-13)25(21,22)19(17)11-12-20(18)26(23,24)16-9-5-14(2)6-10-16/h3-10H,11-12H2,1-2H3. The van der Waals surface area contributed by atoms with Gasteiger partial charge in [0.1, 0.15) is 0 Å². The summed E-state index contributed by atoms with van der Waals surface area (Å²) in [7, 11) is -7.34. The molecule has 26 heavy (non-hydrogen) atoms. The fourth-order valence-electron chi connectivity index (χ4n) is 2.05. The van der Waals surface area contributed by atoms with Crippen molar-refractivity contribution >= 4 is 65.8 Å². The van der Waals surface area contributed by atoms with Crippen LogP contribution in [0.25, 0.3) is 0 Å². The average Bonchev–Trinajstić information content (AvgIpc) is 2.60. The fourth-order valence-corrected chi connectivity index (χ4v) is 5.90. The molecule has 10 heteroatoms. The van der Waals surface area contributed by atoms with Crippen LogP contribution in [0.1, 0.15) is 11.1 Å². The van der Waals surface area contributed by atoms with Crippen LogP contribution >= 0.6 is 45.7 Å². The van der Waals surface area contributed by atoms with E-state index in [9.17, 15) is 16.8 Å². The van der Waals surface area contributed by atoms with E-state index >= 15 is 0 Å². The molecule has 0 aliphatic heterocycles. The lowest BCUT2D eigenvalue weighted by atomic mass is 10.2. The van der Waals surface area contributed by atoms with E-state index in [1.807, 2.05) is 13.8 Å². The second-order valence-electron chi connectivity index (χ2n) is 5.66. The Morgan fingerprint density at radius 3 is 1.19 bits per heavy atom. The smallest absolute Gasteiger partial charge is 0.206 e. The van der Waals surface area contributed by atoms with E-state index in [0.717, 1.165) is 16.2 Å². The Balaban J connectivity index is 2.09. The Morgan fingerprint density at radius 2 is 0.923 bits per heavy atom. The van der Waals surface area contributed by atoms with Crippen LogP contribution in [0.2, 0.25) is 0 Å². The minimum Gasteiger partial charge on any atom is -0.206 e. The number of nitrogens with zero attached hydrogens (tertiary/aromatic N) is 2. The van der Waals surface area contributed by atoms with Crippen LogP contribution in [-0.4, -0.2) is 35.0 Å². The summed E-state index contributed by atoms with van der Waals surface area (Å²) in [6.45, 7) is 3.82. The van der Waals surface area contributed by atoms with Gasteiger partial charge >= 0.3 is 0 Å². The quantitative estimate of drug-likeness (QED) is 0.350. The number of aryl methyl sites for hydroxylation is 2. The topological polar surface area (TPSA) is 74.8 Å². The summed E-state index contributed by atoms with van der Waals surface area (Å²) in [5, 5.41) is 0. The highest BCUT2D eigenvalue weighted by atomic mass is 127. The maximum absolute atomic E-state index is 12.6. The van der Waals surface area contributed by atoms with Crippen LogP contribution in [-0.2, 0) is 20.0 Å². The van der Waals surface area contributed by atoms with E-state index in [1.165, 1.54) is 0 Å². The molecule has 2 aromatic carbocycles. The number of hydrogen-bond donors (Lipinski definition) is 0. The monoisotopic (exact) mass is 620 g/mol. The third kappa shape index (κ3) is 5.16. The number of sulfonamides is 2. The van der Waals surface area contributed by atoms with Gasteiger partial charge in [-0.25, -0.2) is 16.8 Å². The predicted octanol–water partition coefficient (Wildman–Crippen LogP) is 3.69. The van der Waals surface area contributed by atoms with E-state index in [-0.39, 0.29) is 22.9 Å². The number of hydrogen-bond acceptors (Lipinski definition) is 4. The largest absolute Gasteiger partial charge is 0.251 e. The molecule has 0 heterocycles. The number of halogens is 2. The predicted molar refractivity (Wildman–Crippen MR) is 118 cm³/mol. The van der Waals surface area contributed by atoms with Crippen molar-refractivity contribution < 1.29 is 16.8 Å². The highest BCUT2D eigenvalue weighted by Gasteiger charge is 2.26. The van der Waals surface area contributed by atoms with Crippen LogP contribution in [0.4, 0.5) is 0 Å². The molecule has 0 radical (unpaired) electrons. The Kier molecular flexibility index (Phi) is 7.46. The summed E-state index contributed by atoms with van der Waals surface area (Å²) in [5.41, 5.74) is 1.93. The molecule has 2 aromatic rings. The molecular weight excluding hydrogens is 602 g/mol. The third-order valence-corrected chi connectivity index (χ3v) is 10.8. The summed E-state index contributed by atoms with van der Waals surface area (Å²) in [4.78, 5) is 0.359. The van der Waals surface area contributed by atoms with E-state index in [0.29, 0.717) is 0 Å². The minimum absolute atomic E-state index is 0.0325. The first-order valence-corrected chi connectivity index (χ1v) is 12.4. The number of benzene rings is 2. The van der Waals surface area contributed by atoms with Gasteiger partial charge in [-0.1, -0.05) is 35.4 Å². The van der Waals surface area contributed by atoms with Crippen molar-refractivity contribution in [3.8, 4) is 0 Å². The molecule has 0 aliphatic rings. The molecule has 0 spiro atoms. The second kappa shape index (κ2) is 8.82. The zero-order valence-electron chi connectivity index (χ0n) is 14.1. The molecule has 0 unspecified atom stereocenters. The van der Waals surface area contributed by atoms with E-state index in [1.54, 1.807) is 94.3 Å². The van der Waals surface area contributed by atoms with Crippen LogP contribution < -0.4 is 0 Å². The van der Waals surface area contributed by atoms with E-state index < -0.39 is 20.0 Å². The zero-order valence-corrected chi connectivity index (χ0v) is 20.1. The fraction of sp³-hybridized carbons (Fsp3) is 0.250. The van der Waals surface area contributed by atoms with E-state index in [2.05, 4.69) is 0 Å². The van der Waals surface area contributed by atoms with Crippen molar-refractivity contribution in [2.24, 2.45) is 0 Å². The molecule has 0 atom stereocenters. The van der Waals surface area contributed by atoms with Crippen LogP contribution in [0.15, 0.2) is 58.3 Å². The van der Waals surface area contributed by atoms with Gasteiger partial charge in [-0.05, 0) is 38.1 Å². The summed E-state index contributed by atoms with van der Waals surface area (Å²) in [6.07, 6.45) is 0. The molecule has 0 amide bonds. The molecular formula is C16H18I2N2O4S2. The average molecular weight is 620 g/mol. The van der Waals surface area contributed by atoms with Gasteiger partial charge < -0.3 is 0 Å². The molecule has 142 valence electrons. The molecule has 0 aliphatic carbocycles. The van der Waals surface area contributed by atoms with Gasteiger partial charge in [0.05, 0.1) is 9.79 Å². The molecule has 2 rings (SSSR count). The van der Waals surface area contributed by atoms with Gasteiger partial charge in [-0.15, -0.1) is 5.04 Å². The van der Waals surface area contributed by atoms with Crippen LogP contribution in [0, 0.1) is 13.8 Å². The van der Waals surface area contributed by atoms with Crippen LogP contribution in [0.3, 0.4) is 0 Å². The van der Waals surface area contributed by atoms with Gasteiger partial charge in [0, 0.05) is 58.8 Å². The first-order valence-electron chi connectivity index (χ1n) is 7.55. The summed E-state index contributed by atoms with van der Waals surface area (Å²) in [5.74, 6) is 0. The van der Waals surface area contributed by atoms with Gasteiger partial charge in [0.25, 0.3) is 20.0 Å². The minimum atomic E-state index is -3.67. The van der Waals surface area contributed by atoms with Gasteiger partial charge in [-0.2, -0.15) is 0 Å². The summed E-state index contributed by atoms with van der Waals surface area (Å²) in [6, 6.07) is 13.1. The normalized spacial score (nSPS) is 12.7. The van der Waals surface area contributed by atoms with Crippen LogP contribution in [0.5, 0.6) is 0 Å². The Morgan fingerprint density at radius 1 is 0.654 bits per heavy atom. The van der Waals surface area contributed by atoms with Gasteiger partial charge in [-0.3, -0.25) is 0 Å². The maximum atomic E-state index is 12.6. The first kappa shape index (κ1) is 22.0. The molecule has 0 saturated heterocycles. The highest BCUT2D eigenvalue weighted by Crippen LogP contribution is 2.23. The van der Waals surface area contributed by atoms with Crippen molar-refractivity contribution in [3.05, 3.63) is 59.7 Å². The Bertz CT molecular complexity index is 879. The van der Waals surface area contributed by atoms with Crippen molar-refractivity contribution in [1.82, 2.24) is 5.04 Å². The summed E-state index contributed by atoms with van der Waals surface area (Å²) >= 11 is 3.40. The SMILES string of the molecule is Cc1ccc(S(=O)(=O)N(I)CCN(I)S(=O)(=O)c2ccc(C)cc2)cc1. The zero-order chi connectivity index (χ0) is 19.5. The molecule has 0 saturated carbocycles. The molecule has 0 N–H and O–H groups in total. The summed E-state index contributed by atoms with van der Waals surface area (Å²) < 4.78 is 52.5. The van der Waals surface area contributed by atoms with Crippen molar-refractivity contribution in [2.75, 3.05) is 13.1 Å². The Hall–Kier alpha value is -0.280. The molecule has 0 aromatic heterocycles.